The molecule has 1 heterocycles. The van der Waals surface area contributed by atoms with Gasteiger partial charge in [0.1, 0.15) is 5.82 Å². The topological polar surface area (TPSA) is 90.9 Å². The molecule has 114 valence electrons. The highest BCUT2D eigenvalue weighted by Crippen LogP contribution is 2.26. The van der Waals surface area contributed by atoms with Crippen LogP contribution >= 0.6 is 11.6 Å². The molecule has 0 amide bonds. The van der Waals surface area contributed by atoms with Gasteiger partial charge in [-0.1, -0.05) is 25.4 Å². The summed E-state index contributed by atoms with van der Waals surface area (Å²) < 4.78 is 38.4. The molecule has 0 aliphatic rings. The van der Waals surface area contributed by atoms with Crippen LogP contribution in [0.3, 0.4) is 0 Å². The molecule has 6 nitrogen and oxygen atoms in total. The van der Waals surface area contributed by atoms with Crippen LogP contribution in [0.1, 0.15) is 13.8 Å². The highest BCUT2D eigenvalue weighted by atomic mass is 35.5. The van der Waals surface area contributed by atoms with Gasteiger partial charge in [-0.2, -0.15) is 0 Å². The SMILES string of the molecule is CC(C)Cn1c(-c2ccc(Cl)cc2F)nnc1S(N)(=O)=O. The lowest BCUT2D eigenvalue weighted by Crippen LogP contribution is -2.20. The Kier molecular flexibility index (Phi) is 4.31. The molecule has 2 aromatic rings. The van der Waals surface area contributed by atoms with E-state index in [1.807, 2.05) is 13.8 Å². The van der Waals surface area contributed by atoms with Crippen LogP contribution in [0.2, 0.25) is 5.02 Å². The number of nitrogens with zero attached hydrogens (tertiary/aromatic N) is 3. The van der Waals surface area contributed by atoms with Gasteiger partial charge in [0.05, 0.1) is 5.56 Å². The Morgan fingerprint density at radius 3 is 2.57 bits per heavy atom. The molecule has 0 unspecified atom stereocenters. The van der Waals surface area contributed by atoms with Gasteiger partial charge in [0, 0.05) is 11.6 Å². The van der Waals surface area contributed by atoms with Crippen molar-refractivity contribution in [1.82, 2.24) is 14.8 Å². The van der Waals surface area contributed by atoms with Crippen LogP contribution in [0.15, 0.2) is 23.4 Å². The molecule has 0 bridgehead atoms. The molecule has 1 aromatic carbocycles. The minimum absolute atomic E-state index is 0.0932. The van der Waals surface area contributed by atoms with Gasteiger partial charge < -0.3 is 0 Å². The number of hydrogen-bond acceptors (Lipinski definition) is 4. The fourth-order valence-corrected chi connectivity index (χ4v) is 2.68. The fraction of sp³-hybridized carbons (Fsp3) is 0.333. The molecule has 2 rings (SSSR count). The maximum atomic E-state index is 14.0. The van der Waals surface area contributed by atoms with Gasteiger partial charge in [-0.3, -0.25) is 4.57 Å². The Labute approximate surface area is 126 Å². The highest BCUT2D eigenvalue weighted by molar-refractivity contribution is 7.89. The minimum Gasteiger partial charge on any atom is -0.296 e. The fourth-order valence-electron chi connectivity index (χ4n) is 1.90. The van der Waals surface area contributed by atoms with Gasteiger partial charge in [-0.05, 0) is 24.1 Å². The minimum atomic E-state index is -4.05. The van der Waals surface area contributed by atoms with Crippen LogP contribution in [0.25, 0.3) is 11.4 Å². The van der Waals surface area contributed by atoms with Crippen LogP contribution < -0.4 is 5.14 Å². The van der Waals surface area contributed by atoms with E-state index < -0.39 is 15.8 Å². The van der Waals surface area contributed by atoms with E-state index in [4.69, 9.17) is 16.7 Å². The summed E-state index contributed by atoms with van der Waals surface area (Å²) in [5.74, 6) is -0.418. The number of nitrogens with two attached hydrogens (primary N) is 1. The van der Waals surface area contributed by atoms with Gasteiger partial charge in [-0.25, -0.2) is 17.9 Å². The average Bonchev–Trinajstić information content (AvgIpc) is 2.71. The standard InChI is InChI=1S/C12H14ClFN4O2S/c1-7(2)6-18-11(16-17-12(18)21(15,19)20)9-4-3-8(13)5-10(9)14/h3-5,7H,6H2,1-2H3,(H2,15,19,20). The maximum absolute atomic E-state index is 14.0. The second-order valence-electron chi connectivity index (χ2n) is 4.98. The summed E-state index contributed by atoms with van der Waals surface area (Å²) in [6.07, 6.45) is 0. The lowest BCUT2D eigenvalue weighted by molar-refractivity contribution is 0.485. The van der Waals surface area contributed by atoms with Crippen molar-refractivity contribution in [2.75, 3.05) is 0 Å². The molecular formula is C12H14ClFN4O2S. The first kappa shape index (κ1) is 15.9. The van der Waals surface area contributed by atoms with Gasteiger partial charge in [0.2, 0.25) is 0 Å². The van der Waals surface area contributed by atoms with E-state index in [-0.39, 0.29) is 34.0 Å². The van der Waals surface area contributed by atoms with Gasteiger partial charge in [-0.15, -0.1) is 10.2 Å². The second-order valence-corrected chi connectivity index (χ2v) is 6.87. The van der Waals surface area contributed by atoms with E-state index in [1.54, 1.807) is 0 Å². The first-order chi connectivity index (χ1) is 9.70. The molecule has 1 aromatic heterocycles. The summed E-state index contributed by atoms with van der Waals surface area (Å²) in [5.41, 5.74) is 0.113. The lowest BCUT2D eigenvalue weighted by Gasteiger charge is -2.12. The molecule has 0 spiro atoms. The lowest BCUT2D eigenvalue weighted by atomic mass is 10.2. The number of halogens is 2. The predicted molar refractivity (Wildman–Crippen MR) is 76.6 cm³/mol. The molecule has 21 heavy (non-hydrogen) atoms. The van der Waals surface area contributed by atoms with Gasteiger partial charge >= 0.3 is 0 Å². The Balaban J connectivity index is 2.66. The third-order valence-electron chi connectivity index (χ3n) is 2.69. The summed E-state index contributed by atoms with van der Waals surface area (Å²) in [4.78, 5) is 0. The molecule has 9 heteroatoms. The van der Waals surface area contributed by atoms with E-state index >= 15 is 0 Å². The van der Waals surface area contributed by atoms with Gasteiger partial charge in [0.25, 0.3) is 15.2 Å². The first-order valence-corrected chi connectivity index (χ1v) is 8.04. The average molecular weight is 333 g/mol. The maximum Gasteiger partial charge on any atom is 0.273 e. The van der Waals surface area contributed by atoms with Crippen molar-refractivity contribution in [2.45, 2.75) is 25.5 Å². The zero-order valence-corrected chi connectivity index (χ0v) is 13.0. The van der Waals surface area contributed by atoms with E-state index in [0.717, 1.165) is 6.07 Å². The number of primary sulfonamides is 1. The molecular weight excluding hydrogens is 319 g/mol. The van der Waals surface area contributed by atoms with Crippen molar-refractivity contribution in [3.05, 3.63) is 29.0 Å². The number of aromatic nitrogens is 3. The Hall–Kier alpha value is -1.51. The first-order valence-electron chi connectivity index (χ1n) is 6.11. The molecule has 0 saturated carbocycles. The van der Waals surface area contributed by atoms with Crippen molar-refractivity contribution in [3.63, 3.8) is 0 Å². The normalized spacial score (nSPS) is 12.1. The summed E-state index contributed by atoms with van der Waals surface area (Å²) in [7, 11) is -4.05. The van der Waals surface area contributed by atoms with Crippen molar-refractivity contribution in [1.29, 1.82) is 0 Å². The van der Waals surface area contributed by atoms with Crippen LogP contribution in [0.4, 0.5) is 4.39 Å². The Morgan fingerprint density at radius 1 is 1.38 bits per heavy atom. The summed E-state index contributed by atoms with van der Waals surface area (Å²) in [6.45, 7) is 4.06. The highest BCUT2D eigenvalue weighted by Gasteiger charge is 2.24. The molecule has 0 saturated heterocycles. The monoisotopic (exact) mass is 332 g/mol. The van der Waals surface area contributed by atoms with Gasteiger partial charge in [0.15, 0.2) is 5.82 Å². The van der Waals surface area contributed by atoms with Crippen molar-refractivity contribution >= 4 is 21.6 Å². The number of hydrogen-bond donors (Lipinski definition) is 1. The van der Waals surface area contributed by atoms with Crippen molar-refractivity contribution < 1.29 is 12.8 Å². The van der Waals surface area contributed by atoms with E-state index in [1.165, 1.54) is 16.7 Å². The summed E-state index contributed by atoms with van der Waals surface area (Å²) in [5, 5.41) is 12.3. The largest absolute Gasteiger partial charge is 0.296 e. The summed E-state index contributed by atoms with van der Waals surface area (Å²) in [6, 6.07) is 4.04. The Morgan fingerprint density at radius 2 is 2.05 bits per heavy atom. The van der Waals surface area contributed by atoms with E-state index in [2.05, 4.69) is 10.2 Å². The molecule has 2 N–H and O–H groups in total. The molecule has 0 fully saturated rings. The number of benzene rings is 1. The van der Waals surface area contributed by atoms with Crippen LogP contribution in [-0.4, -0.2) is 23.2 Å². The quantitative estimate of drug-likeness (QED) is 0.927. The van der Waals surface area contributed by atoms with Crippen LogP contribution in [0.5, 0.6) is 0 Å². The van der Waals surface area contributed by atoms with Crippen molar-refractivity contribution in [3.8, 4) is 11.4 Å². The molecule has 0 aliphatic carbocycles. The summed E-state index contributed by atoms with van der Waals surface area (Å²) >= 11 is 5.71. The zero-order chi connectivity index (χ0) is 15.8. The molecule has 0 aliphatic heterocycles. The van der Waals surface area contributed by atoms with Crippen LogP contribution in [-0.2, 0) is 16.6 Å². The van der Waals surface area contributed by atoms with E-state index in [9.17, 15) is 12.8 Å². The van der Waals surface area contributed by atoms with Crippen LogP contribution in [0, 0.1) is 11.7 Å². The second kappa shape index (κ2) is 5.70. The number of sulfonamides is 1. The van der Waals surface area contributed by atoms with Crippen molar-refractivity contribution in [2.24, 2.45) is 11.1 Å². The zero-order valence-electron chi connectivity index (χ0n) is 11.4. The third kappa shape index (κ3) is 3.39. The van der Waals surface area contributed by atoms with E-state index in [0.29, 0.717) is 0 Å². The third-order valence-corrected chi connectivity index (χ3v) is 3.74. The molecule has 0 atom stereocenters. The smallest absolute Gasteiger partial charge is 0.273 e. The number of rotatable bonds is 4. The molecule has 0 radical (unpaired) electrons. The predicted octanol–water partition coefficient (Wildman–Crippen LogP) is 2.04. The Bertz CT molecular complexity index is 774.